The largest absolute Gasteiger partial charge is 0.457 e. The van der Waals surface area contributed by atoms with E-state index in [1.54, 1.807) is 12.3 Å². The minimum absolute atomic E-state index is 0.0897. The molecule has 1 atom stereocenters. The maximum absolute atomic E-state index is 13.4. The van der Waals surface area contributed by atoms with Crippen molar-refractivity contribution in [1.29, 1.82) is 0 Å². The lowest BCUT2D eigenvalue weighted by molar-refractivity contribution is 0.505. The van der Waals surface area contributed by atoms with Gasteiger partial charge in [0.1, 0.15) is 5.82 Å². The van der Waals surface area contributed by atoms with Crippen LogP contribution in [0.2, 0.25) is 0 Å². The molecule has 102 valence electrons. The van der Waals surface area contributed by atoms with Crippen molar-refractivity contribution >= 4 is 31.9 Å². The third kappa shape index (κ3) is 3.91. The molecular formula is C14H14Br2FNO. The van der Waals surface area contributed by atoms with Gasteiger partial charge in [-0.3, -0.25) is 0 Å². The molecule has 1 heterocycles. The molecule has 1 unspecified atom stereocenters. The average molecular weight is 391 g/mol. The van der Waals surface area contributed by atoms with E-state index in [9.17, 15) is 4.39 Å². The van der Waals surface area contributed by atoms with Crippen LogP contribution in [0, 0.1) is 5.82 Å². The highest BCUT2D eigenvalue weighted by molar-refractivity contribution is 9.10. The molecule has 1 N–H and O–H groups in total. The minimum Gasteiger partial charge on any atom is -0.457 e. The summed E-state index contributed by atoms with van der Waals surface area (Å²) in [6.45, 7) is 2.88. The van der Waals surface area contributed by atoms with Crippen LogP contribution in [0.4, 0.5) is 4.39 Å². The first-order valence-corrected chi connectivity index (χ1v) is 7.60. The molecule has 5 heteroatoms. The van der Waals surface area contributed by atoms with Gasteiger partial charge in [-0.25, -0.2) is 4.39 Å². The fourth-order valence-electron chi connectivity index (χ4n) is 2.06. The Morgan fingerprint density at radius 1 is 1.32 bits per heavy atom. The van der Waals surface area contributed by atoms with Gasteiger partial charge >= 0.3 is 0 Å². The number of benzene rings is 1. The van der Waals surface area contributed by atoms with Crippen molar-refractivity contribution in [2.75, 3.05) is 6.54 Å². The summed E-state index contributed by atoms with van der Waals surface area (Å²) >= 11 is 6.71. The van der Waals surface area contributed by atoms with Gasteiger partial charge in [-0.1, -0.05) is 22.9 Å². The third-order valence-electron chi connectivity index (χ3n) is 2.83. The average Bonchev–Trinajstić information content (AvgIpc) is 2.73. The topological polar surface area (TPSA) is 25.2 Å². The molecule has 0 radical (unpaired) electrons. The summed E-state index contributed by atoms with van der Waals surface area (Å²) in [4.78, 5) is 0. The lowest BCUT2D eigenvalue weighted by atomic mass is 10.0. The van der Waals surface area contributed by atoms with Crippen LogP contribution in [0.3, 0.4) is 0 Å². The van der Waals surface area contributed by atoms with Crippen LogP contribution in [0.15, 0.2) is 44.1 Å². The fourth-order valence-corrected chi connectivity index (χ4v) is 3.09. The molecule has 0 saturated heterocycles. The first kappa shape index (κ1) is 14.8. The Balaban J connectivity index is 2.23. The number of likely N-dealkylation sites (N-methyl/N-ethyl adjacent to an activating group) is 1. The molecule has 0 bridgehead atoms. The van der Waals surface area contributed by atoms with Crippen molar-refractivity contribution in [3.8, 4) is 0 Å². The summed E-state index contributed by atoms with van der Waals surface area (Å²) in [6, 6.07) is 6.96. The maximum Gasteiger partial charge on any atom is 0.173 e. The molecule has 1 aromatic carbocycles. The van der Waals surface area contributed by atoms with Crippen molar-refractivity contribution < 1.29 is 8.81 Å². The molecule has 0 aliphatic heterocycles. The van der Waals surface area contributed by atoms with Crippen LogP contribution in [0.5, 0.6) is 0 Å². The predicted molar refractivity (Wildman–Crippen MR) is 80.6 cm³/mol. The Hall–Kier alpha value is -0.650. The molecule has 0 spiro atoms. The Morgan fingerprint density at radius 3 is 2.68 bits per heavy atom. The zero-order valence-electron chi connectivity index (χ0n) is 10.4. The van der Waals surface area contributed by atoms with Crippen molar-refractivity contribution in [1.82, 2.24) is 5.32 Å². The zero-order chi connectivity index (χ0) is 13.8. The van der Waals surface area contributed by atoms with Gasteiger partial charge < -0.3 is 9.73 Å². The van der Waals surface area contributed by atoms with Gasteiger partial charge in [-0.15, -0.1) is 0 Å². The summed E-state index contributed by atoms with van der Waals surface area (Å²) < 4.78 is 20.1. The number of hydrogen-bond acceptors (Lipinski definition) is 2. The van der Waals surface area contributed by atoms with Gasteiger partial charge in [0.15, 0.2) is 4.67 Å². The summed E-state index contributed by atoms with van der Waals surface area (Å²) in [7, 11) is 0. The summed E-state index contributed by atoms with van der Waals surface area (Å²) in [6.07, 6.45) is 2.34. The van der Waals surface area contributed by atoms with Gasteiger partial charge in [0.25, 0.3) is 0 Å². The maximum atomic E-state index is 13.4. The molecule has 2 nitrogen and oxygen atoms in total. The molecule has 2 aromatic rings. The summed E-state index contributed by atoms with van der Waals surface area (Å²) in [5.41, 5.74) is 1.98. The first-order valence-electron chi connectivity index (χ1n) is 6.01. The Labute approximate surface area is 128 Å². The third-order valence-corrected chi connectivity index (χ3v) is 3.94. The van der Waals surface area contributed by atoms with Gasteiger partial charge in [-0.05, 0) is 58.7 Å². The molecule has 19 heavy (non-hydrogen) atoms. The number of rotatable bonds is 5. The second-order valence-corrected chi connectivity index (χ2v) is 5.88. The molecule has 0 aliphatic rings. The Kier molecular flexibility index (Phi) is 5.19. The molecule has 0 amide bonds. The van der Waals surface area contributed by atoms with E-state index in [-0.39, 0.29) is 11.9 Å². The first-order chi connectivity index (χ1) is 9.10. The van der Waals surface area contributed by atoms with Crippen molar-refractivity contribution in [2.24, 2.45) is 0 Å². The van der Waals surface area contributed by atoms with Crippen LogP contribution >= 0.6 is 31.9 Å². The van der Waals surface area contributed by atoms with E-state index in [4.69, 9.17) is 4.42 Å². The van der Waals surface area contributed by atoms with Crippen molar-refractivity contribution in [3.05, 3.63) is 56.6 Å². The minimum atomic E-state index is -0.231. The number of hydrogen-bond donors (Lipinski definition) is 1. The van der Waals surface area contributed by atoms with Gasteiger partial charge in [0, 0.05) is 16.1 Å². The standard InChI is InChI=1S/C14H14Br2FNO/c1-2-18-13(12-3-4-19-14(12)16)7-9-5-10(15)8-11(17)6-9/h3-6,8,13,18H,2,7H2,1H3. The van der Waals surface area contributed by atoms with Crippen LogP contribution in [0.1, 0.15) is 24.1 Å². The van der Waals surface area contributed by atoms with E-state index < -0.39 is 0 Å². The van der Waals surface area contributed by atoms with Crippen molar-refractivity contribution in [2.45, 2.75) is 19.4 Å². The lowest BCUT2D eigenvalue weighted by Crippen LogP contribution is -2.22. The summed E-state index contributed by atoms with van der Waals surface area (Å²) in [5.74, 6) is -0.231. The van der Waals surface area contributed by atoms with Crippen LogP contribution in [0.25, 0.3) is 0 Å². The van der Waals surface area contributed by atoms with Gasteiger partial charge in [-0.2, -0.15) is 0 Å². The van der Waals surface area contributed by atoms with Crippen LogP contribution < -0.4 is 5.32 Å². The Morgan fingerprint density at radius 2 is 2.11 bits per heavy atom. The second kappa shape index (κ2) is 6.68. The highest BCUT2D eigenvalue weighted by Gasteiger charge is 2.16. The van der Waals surface area contributed by atoms with Crippen LogP contribution in [-0.4, -0.2) is 6.54 Å². The number of halogens is 3. The highest BCUT2D eigenvalue weighted by Crippen LogP contribution is 2.28. The smallest absolute Gasteiger partial charge is 0.173 e. The van der Waals surface area contributed by atoms with Crippen LogP contribution in [-0.2, 0) is 6.42 Å². The molecule has 2 rings (SSSR count). The van der Waals surface area contributed by atoms with E-state index in [2.05, 4.69) is 37.2 Å². The Bertz CT molecular complexity index is 536. The predicted octanol–water partition coefficient (Wildman–Crippen LogP) is 4.84. The SMILES string of the molecule is CCNC(Cc1cc(F)cc(Br)c1)c1ccoc1Br. The molecule has 0 saturated carbocycles. The van der Waals surface area contributed by atoms with Crippen molar-refractivity contribution in [3.63, 3.8) is 0 Å². The quantitative estimate of drug-likeness (QED) is 0.790. The summed E-state index contributed by atoms with van der Waals surface area (Å²) in [5, 5.41) is 3.39. The molecular weight excluding hydrogens is 377 g/mol. The normalized spacial score (nSPS) is 12.6. The molecule has 0 fully saturated rings. The van der Waals surface area contributed by atoms with Gasteiger partial charge in [0.05, 0.1) is 6.26 Å². The molecule has 0 aliphatic carbocycles. The van der Waals surface area contributed by atoms with E-state index >= 15 is 0 Å². The second-order valence-electron chi connectivity index (χ2n) is 4.24. The monoisotopic (exact) mass is 389 g/mol. The van der Waals surface area contributed by atoms with E-state index in [0.29, 0.717) is 11.1 Å². The zero-order valence-corrected chi connectivity index (χ0v) is 13.6. The van der Waals surface area contributed by atoms with E-state index in [1.807, 2.05) is 19.1 Å². The molecule has 1 aromatic heterocycles. The fraction of sp³-hybridized carbons (Fsp3) is 0.286. The van der Waals surface area contributed by atoms with E-state index in [1.165, 1.54) is 6.07 Å². The lowest BCUT2D eigenvalue weighted by Gasteiger charge is -2.17. The highest BCUT2D eigenvalue weighted by atomic mass is 79.9. The number of furan rings is 1. The van der Waals surface area contributed by atoms with Gasteiger partial charge in [0.2, 0.25) is 0 Å². The number of nitrogens with one attached hydrogen (secondary N) is 1. The van der Waals surface area contributed by atoms with E-state index in [0.717, 1.165) is 22.1 Å².